The van der Waals surface area contributed by atoms with Gasteiger partial charge in [-0.05, 0) is 58.5 Å². The normalized spacial score (nSPS) is 15.9. The van der Waals surface area contributed by atoms with Gasteiger partial charge in [0.15, 0.2) is 0 Å². The van der Waals surface area contributed by atoms with Gasteiger partial charge in [-0.15, -0.1) is 0 Å². The van der Waals surface area contributed by atoms with Crippen molar-refractivity contribution in [1.82, 2.24) is 0 Å². The van der Waals surface area contributed by atoms with Crippen molar-refractivity contribution in [1.29, 1.82) is 0 Å². The number of fused-ring (bicyclic) bond motifs is 5. The minimum atomic E-state index is 0.442. The lowest BCUT2D eigenvalue weighted by molar-refractivity contribution is 0.854. The van der Waals surface area contributed by atoms with Crippen molar-refractivity contribution < 1.29 is 0 Å². The van der Waals surface area contributed by atoms with E-state index in [0.29, 0.717) is 5.92 Å². The number of hydrogen-bond acceptors (Lipinski definition) is 1. The van der Waals surface area contributed by atoms with E-state index in [2.05, 4.69) is 121 Å². The summed E-state index contributed by atoms with van der Waals surface area (Å²) in [5, 5.41) is 3.73. The zero-order valence-electron chi connectivity index (χ0n) is 17.3. The Kier molecular flexibility index (Phi) is 4.32. The highest BCUT2D eigenvalue weighted by atomic mass is 14.9. The molecule has 0 saturated carbocycles. The molecule has 1 unspecified atom stereocenters. The molecule has 0 amide bonds. The smallest absolute Gasteiger partial charge is 0.0464 e. The van der Waals surface area contributed by atoms with Crippen molar-refractivity contribution in [2.24, 2.45) is 0 Å². The van der Waals surface area contributed by atoms with Gasteiger partial charge in [0.2, 0.25) is 0 Å². The number of rotatable bonds is 2. The Morgan fingerprint density at radius 2 is 1.29 bits per heavy atom. The van der Waals surface area contributed by atoms with E-state index in [4.69, 9.17) is 0 Å². The van der Waals surface area contributed by atoms with Crippen molar-refractivity contribution >= 4 is 11.4 Å². The fourth-order valence-electron chi connectivity index (χ4n) is 4.74. The van der Waals surface area contributed by atoms with Crippen LogP contribution in [-0.4, -0.2) is 0 Å². The molecule has 0 bridgehead atoms. The molecule has 0 saturated heterocycles. The van der Waals surface area contributed by atoms with Gasteiger partial charge in [-0.1, -0.05) is 91.0 Å². The lowest BCUT2D eigenvalue weighted by Crippen LogP contribution is -1.98. The highest BCUT2D eigenvalue weighted by molar-refractivity contribution is 5.99. The minimum Gasteiger partial charge on any atom is -0.355 e. The summed E-state index contributed by atoms with van der Waals surface area (Å²) < 4.78 is 0. The van der Waals surface area contributed by atoms with Gasteiger partial charge in [-0.25, -0.2) is 0 Å². The summed E-state index contributed by atoms with van der Waals surface area (Å²) in [5.74, 6) is 0.442. The highest BCUT2D eigenvalue weighted by Crippen LogP contribution is 2.46. The Bertz CT molecular complexity index is 1330. The van der Waals surface area contributed by atoms with Crippen LogP contribution in [0.4, 0.5) is 11.4 Å². The molecule has 1 N–H and O–H groups in total. The van der Waals surface area contributed by atoms with Crippen molar-refractivity contribution in [2.75, 3.05) is 5.32 Å². The zero-order valence-corrected chi connectivity index (χ0v) is 17.3. The molecule has 31 heavy (non-hydrogen) atoms. The highest BCUT2D eigenvalue weighted by Gasteiger charge is 2.21. The molecule has 0 aromatic heterocycles. The van der Waals surface area contributed by atoms with E-state index in [1.165, 1.54) is 38.9 Å². The molecular formula is C30H23N. The monoisotopic (exact) mass is 397 g/mol. The molecular weight excluding hydrogens is 374 g/mol. The third-order valence-corrected chi connectivity index (χ3v) is 6.36. The van der Waals surface area contributed by atoms with Crippen LogP contribution in [0.1, 0.15) is 17.9 Å². The Morgan fingerprint density at radius 3 is 2.03 bits per heavy atom. The number of anilines is 2. The predicted octanol–water partition coefficient (Wildman–Crippen LogP) is 8.34. The van der Waals surface area contributed by atoms with Crippen LogP contribution in [-0.2, 0) is 0 Å². The van der Waals surface area contributed by atoms with Crippen molar-refractivity contribution in [3.8, 4) is 33.4 Å². The standard InChI is InChI=1S/C30H23N/c1-3-9-21(10-4-1)23-15-17-29-27(19-23)25-13-7-8-14-26(25)28-20-24(16-18-30(28)31-29)22-11-5-2-6-12-22/h1-11,13-20,22,31H,12H2. The fraction of sp³-hybridized carbons (Fsp3) is 0.0667. The van der Waals surface area contributed by atoms with Gasteiger partial charge in [0.25, 0.3) is 0 Å². The first-order valence-electron chi connectivity index (χ1n) is 10.9. The summed E-state index contributed by atoms with van der Waals surface area (Å²) in [4.78, 5) is 0. The number of benzene rings is 4. The van der Waals surface area contributed by atoms with Gasteiger partial charge < -0.3 is 5.32 Å². The molecule has 0 fully saturated rings. The van der Waals surface area contributed by atoms with Gasteiger partial charge in [-0.3, -0.25) is 0 Å². The largest absolute Gasteiger partial charge is 0.355 e. The zero-order chi connectivity index (χ0) is 20.6. The van der Waals surface area contributed by atoms with Crippen molar-refractivity contribution in [3.05, 3.63) is 121 Å². The second kappa shape index (κ2) is 7.45. The molecule has 1 atom stereocenters. The average Bonchev–Trinajstić information content (AvgIpc) is 2.99. The Balaban J connectivity index is 1.52. The topological polar surface area (TPSA) is 12.0 Å². The molecule has 148 valence electrons. The van der Waals surface area contributed by atoms with E-state index in [9.17, 15) is 0 Å². The molecule has 1 nitrogen and oxygen atoms in total. The van der Waals surface area contributed by atoms with E-state index in [-0.39, 0.29) is 0 Å². The molecule has 1 heterocycles. The van der Waals surface area contributed by atoms with E-state index in [0.717, 1.165) is 17.8 Å². The molecule has 4 aromatic rings. The summed E-state index contributed by atoms with van der Waals surface area (Å²) in [7, 11) is 0. The van der Waals surface area contributed by atoms with Crippen LogP contribution in [0.15, 0.2) is 115 Å². The third-order valence-electron chi connectivity index (χ3n) is 6.36. The molecule has 0 spiro atoms. The second-order valence-electron chi connectivity index (χ2n) is 8.26. The van der Waals surface area contributed by atoms with Crippen molar-refractivity contribution in [2.45, 2.75) is 12.3 Å². The number of allylic oxidation sites excluding steroid dienone is 4. The molecule has 6 rings (SSSR count). The summed E-state index contributed by atoms with van der Waals surface area (Å²) in [6, 6.07) is 33.0. The first kappa shape index (κ1) is 18.0. The molecule has 1 aliphatic heterocycles. The van der Waals surface area contributed by atoms with E-state index in [1.807, 2.05) is 0 Å². The SMILES string of the molecule is C1=CCC(c2ccc3c(c2)-c2ccccc2-c2cc(-c4ccccc4)ccc2N3)C=C1. The number of nitrogens with one attached hydrogen (secondary N) is 1. The fourth-order valence-corrected chi connectivity index (χ4v) is 4.74. The first-order valence-corrected chi connectivity index (χ1v) is 10.9. The minimum absolute atomic E-state index is 0.442. The van der Waals surface area contributed by atoms with E-state index >= 15 is 0 Å². The summed E-state index contributed by atoms with van der Waals surface area (Å²) in [6.07, 6.45) is 9.91. The molecule has 4 aromatic carbocycles. The molecule has 2 aliphatic rings. The maximum atomic E-state index is 3.73. The lowest BCUT2D eigenvalue weighted by atomic mass is 9.88. The van der Waals surface area contributed by atoms with Crippen LogP contribution in [0.5, 0.6) is 0 Å². The Hall–Kier alpha value is -3.84. The summed E-state index contributed by atoms with van der Waals surface area (Å²) >= 11 is 0. The Morgan fingerprint density at radius 1 is 0.581 bits per heavy atom. The van der Waals surface area contributed by atoms with Gasteiger partial charge >= 0.3 is 0 Å². The van der Waals surface area contributed by atoms with E-state index < -0.39 is 0 Å². The quantitative estimate of drug-likeness (QED) is 0.315. The van der Waals surface area contributed by atoms with Crippen LogP contribution in [0.3, 0.4) is 0 Å². The maximum absolute atomic E-state index is 3.73. The first-order chi connectivity index (χ1) is 15.4. The van der Waals surface area contributed by atoms with Crippen molar-refractivity contribution in [3.63, 3.8) is 0 Å². The maximum Gasteiger partial charge on any atom is 0.0464 e. The average molecular weight is 398 g/mol. The summed E-state index contributed by atoms with van der Waals surface area (Å²) in [6.45, 7) is 0. The second-order valence-corrected chi connectivity index (χ2v) is 8.26. The van der Waals surface area contributed by atoms with Gasteiger partial charge in [0.1, 0.15) is 0 Å². The van der Waals surface area contributed by atoms with E-state index in [1.54, 1.807) is 0 Å². The van der Waals surface area contributed by atoms with Crippen LogP contribution < -0.4 is 5.32 Å². The van der Waals surface area contributed by atoms with Gasteiger partial charge in [0.05, 0.1) is 0 Å². The molecule has 0 radical (unpaired) electrons. The van der Waals surface area contributed by atoms with Gasteiger partial charge in [0, 0.05) is 28.4 Å². The lowest BCUT2D eigenvalue weighted by Gasteiger charge is -2.17. The molecule has 1 aliphatic carbocycles. The van der Waals surface area contributed by atoms with Gasteiger partial charge in [-0.2, -0.15) is 0 Å². The van der Waals surface area contributed by atoms with Crippen LogP contribution >= 0.6 is 0 Å². The third kappa shape index (κ3) is 3.19. The number of hydrogen-bond donors (Lipinski definition) is 1. The van der Waals surface area contributed by atoms with Crippen LogP contribution in [0.25, 0.3) is 33.4 Å². The van der Waals surface area contributed by atoms with Crippen LogP contribution in [0.2, 0.25) is 0 Å². The Labute approximate surface area is 183 Å². The van der Waals surface area contributed by atoms with Crippen LogP contribution in [0, 0.1) is 0 Å². The predicted molar refractivity (Wildman–Crippen MR) is 132 cm³/mol. The molecule has 1 heteroatoms. The summed E-state index contributed by atoms with van der Waals surface area (Å²) in [5.41, 5.74) is 11.2.